The molecule has 4 aromatic rings. The van der Waals surface area contributed by atoms with Gasteiger partial charge in [0.05, 0.1) is 16.8 Å². The van der Waals surface area contributed by atoms with Crippen LogP contribution < -0.4 is 0 Å². The molecule has 0 N–H and O–H groups in total. The molecule has 2 aromatic heterocycles. The number of hydrogen-bond donors (Lipinski definition) is 0. The summed E-state index contributed by atoms with van der Waals surface area (Å²) in [6.45, 7) is 1.41. The third-order valence-corrected chi connectivity index (χ3v) is 4.09. The Labute approximate surface area is 157 Å². The van der Waals surface area contributed by atoms with E-state index in [1.165, 1.54) is 36.4 Å². The van der Waals surface area contributed by atoms with Crippen LogP contribution in [-0.4, -0.2) is 21.1 Å². The number of esters is 1. The van der Waals surface area contributed by atoms with Crippen LogP contribution in [0.25, 0.3) is 22.3 Å². The van der Waals surface area contributed by atoms with Crippen LogP contribution in [0.1, 0.15) is 21.9 Å². The summed E-state index contributed by atoms with van der Waals surface area (Å²) in [4.78, 5) is 20.8. The number of pyridine rings is 1. The Morgan fingerprint density at radius 1 is 1.04 bits per heavy atom. The molecule has 28 heavy (non-hydrogen) atoms. The predicted molar refractivity (Wildman–Crippen MR) is 95.2 cm³/mol. The molecule has 4 rings (SSSR count). The number of benzene rings is 2. The molecule has 0 unspecified atom stereocenters. The van der Waals surface area contributed by atoms with Crippen LogP contribution in [0.5, 0.6) is 0 Å². The number of halogens is 2. The topological polar surface area (TPSA) is 78.1 Å². The fourth-order valence-corrected chi connectivity index (χ4v) is 2.68. The van der Waals surface area contributed by atoms with Crippen molar-refractivity contribution in [3.63, 3.8) is 0 Å². The van der Waals surface area contributed by atoms with Gasteiger partial charge < -0.3 is 9.26 Å². The number of nitrogens with zero attached hydrogens (tertiary/aromatic N) is 3. The van der Waals surface area contributed by atoms with E-state index in [1.54, 1.807) is 19.1 Å². The molecule has 8 heteroatoms. The zero-order chi connectivity index (χ0) is 19.7. The van der Waals surface area contributed by atoms with Gasteiger partial charge in [0.2, 0.25) is 5.82 Å². The Bertz CT molecular complexity index is 1170. The average Bonchev–Trinajstić information content (AvgIpc) is 3.15. The summed E-state index contributed by atoms with van der Waals surface area (Å²) in [5.74, 6) is -1.03. The molecule has 140 valence electrons. The van der Waals surface area contributed by atoms with Crippen molar-refractivity contribution >= 4 is 16.9 Å². The number of fused-ring (bicyclic) bond motifs is 1. The average molecular weight is 381 g/mol. The highest BCUT2D eigenvalue weighted by Gasteiger charge is 2.16. The zero-order valence-corrected chi connectivity index (χ0v) is 14.6. The maximum atomic E-state index is 13.3. The molecular formula is C20H13F2N3O3. The Kier molecular flexibility index (Phi) is 4.52. The molecule has 6 nitrogen and oxygen atoms in total. The number of aryl methyl sites for hydroxylation is 1. The van der Waals surface area contributed by atoms with Gasteiger partial charge in [0, 0.05) is 17.0 Å². The summed E-state index contributed by atoms with van der Waals surface area (Å²) in [5, 5.41) is 4.41. The zero-order valence-electron chi connectivity index (χ0n) is 14.6. The van der Waals surface area contributed by atoms with Gasteiger partial charge in [-0.15, -0.1) is 0 Å². The number of carbonyl (C=O) groups excluding carboxylic acids is 1. The van der Waals surface area contributed by atoms with Gasteiger partial charge in [-0.3, -0.25) is 4.98 Å². The third kappa shape index (κ3) is 3.57. The van der Waals surface area contributed by atoms with E-state index in [9.17, 15) is 13.6 Å². The van der Waals surface area contributed by atoms with Crippen molar-refractivity contribution in [1.82, 2.24) is 15.1 Å². The highest BCUT2D eigenvalue weighted by Crippen LogP contribution is 2.20. The summed E-state index contributed by atoms with van der Waals surface area (Å²) in [6.07, 6.45) is 0. The van der Waals surface area contributed by atoms with Gasteiger partial charge in [-0.2, -0.15) is 4.98 Å². The third-order valence-electron chi connectivity index (χ3n) is 4.09. The minimum atomic E-state index is -0.613. The van der Waals surface area contributed by atoms with E-state index in [0.29, 0.717) is 22.2 Å². The summed E-state index contributed by atoms with van der Waals surface area (Å²) < 4.78 is 36.6. The lowest BCUT2D eigenvalue weighted by molar-refractivity contribution is 0.0428. The van der Waals surface area contributed by atoms with Crippen LogP contribution in [0, 0.1) is 18.6 Å². The molecule has 0 saturated heterocycles. The molecule has 0 aliphatic rings. The first-order chi connectivity index (χ1) is 13.5. The number of hydrogen-bond acceptors (Lipinski definition) is 6. The molecule has 0 fully saturated rings. The Morgan fingerprint density at radius 3 is 2.57 bits per heavy atom. The van der Waals surface area contributed by atoms with Gasteiger partial charge in [0.1, 0.15) is 11.6 Å². The monoisotopic (exact) mass is 381 g/mol. The highest BCUT2D eigenvalue weighted by atomic mass is 19.1. The van der Waals surface area contributed by atoms with Crippen molar-refractivity contribution in [3.05, 3.63) is 77.3 Å². The second-order valence-electron chi connectivity index (χ2n) is 6.05. The van der Waals surface area contributed by atoms with E-state index >= 15 is 0 Å². The molecule has 0 radical (unpaired) electrons. The van der Waals surface area contributed by atoms with Crippen LogP contribution in [-0.2, 0) is 11.3 Å². The molecule has 0 saturated carbocycles. The van der Waals surface area contributed by atoms with E-state index in [1.807, 2.05) is 0 Å². The van der Waals surface area contributed by atoms with E-state index in [-0.39, 0.29) is 29.7 Å². The van der Waals surface area contributed by atoms with Gasteiger partial charge in [-0.25, -0.2) is 13.6 Å². The predicted octanol–water partition coefficient (Wildman–Crippen LogP) is 4.23. The first-order valence-electron chi connectivity index (χ1n) is 8.32. The molecular weight excluding hydrogens is 368 g/mol. The Hall–Kier alpha value is -3.68. The van der Waals surface area contributed by atoms with Gasteiger partial charge in [0.15, 0.2) is 6.61 Å². The number of carbonyl (C=O) groups is 1. The van der Waals surface area contributed by atoms with Crippen molar-refractivity contribution in [3.8, 4) is 11.4 Å². The minimum absolute atomic E-state index is 0.0983. The second kappa shape index (κ2) is 7.15. The molecule has 2 heterocycles. The van der Waals surface area contributed by atoms with Crippen molar-refractivity contribution in [2.45, 2.75) is 13.5 Å². The van der Waals surface area contributed by atoms with Crippen LogP contribution >= 0.6 is 0 Å². The maximum Gasteiger partial charge on any atom is 0.340 e. The lowest BCUT2D eigenvalue weighted by Crippen LogP contribution is -2.08. The van der Waals surface area contributed by atoms with Crippen LogP contribution in [0.4, 0.5) is 8.78 Å². The van der Waals surface area contributed by atoms with Gasteiger partial charge >= 0.3 is 5.97 Å². The second-order valence-corrected chi connectivity index (χ2v) is 6.05. The fourth-order valence-electron chi connectivity index (χ4n) is 2.68. The van der Waals surface area contributed by atoms with Crippen molar-refractivity contribution in [2.24, 2.45) is 0 Å². The first-order valence-corrected chi connectivity index (χ1v) is 8.32. The molecule has 0 bridgehead atoms. The number of rotatable bonds is 4. The van der Waals surface area contributed by atoms with Crippen molar-refractivity contribution in [1.29, 1.82) is 0 Å². The quantitative estimate of drug-likeness (QED) is 0.492. The van der Waals surface area contributed by atoms with Crippen molar-refractivity contribution in [2.75, 3.05) is 0 Å². The highest BCUT2D eigenvalue weighted by molar-refractivity contribution is 5.95. The van der Waals surface area contributed by atoms with Crippen LogP contribution in [0.3, 0.4) is 0 Å². The molecule has 0 amide bonds. The van der Waals surface area contributed by atoms with Gasteiger partial charge in [-0.1, -0.05) is 5.16 Å². The lowest BCUT2D eigenvalue weighted by atomic mass is 10.1. The Morgan fingerprint density at radius 2 is 1.79 bits per heavy atom. The van der Waals surface area contributed by atoms with Crippen molar-refractivity contribution < 1.29 is 22.8 Å². The summed E-state index contributed by atoms with van der Waals surface area (Å²) in [5.41, 5.74) is 1.71. The number of ether oxygens (including phenoxy) is 1. The Balaban J connectivity index is 1.49. The fraction of sp³-hybridized carbons (Fsp3) is 0.100. The molecule has 0 aliphatic carbocycles. The van der Waals surface area contributed by atoms with E-state index in [4.69, 9.17) is 9.26 Å². The van der Waals surface area contributed by atoms with E-state index in [2.05, 4.69) is 15.1 Å². The molecule has 0 aliphatic heterocycles. The molecule has 0 atom stereocenters. The summed E-state index contributed by atoms with van der Waals surface area (Å²) >= 11 is 0. The SMILES string of the molecule is Cc1nc2cc(F)ccc2cc1C(=O)OCc1nc(-c2ccc(F)cc2)no1. The largest absolute Gasteiger partial charge is 0.452 e. The normalized spacial score (nSPS) is 11.0. The summed E-state index contributed by atoms with van der Waals surface area (Å²) in [7, 11) is 0. The van der Waals surface area contributed by atoms with Gasteiger partial charge in [-0.05, 0) is 49.4 Å². The maximum absolute atomic E-state index is 13.3. The van der Waals surface area contributed by atoms with E-state index < -0.39 is 11.8 Å². The lowest BCUT2D eigenvalue weighted by Gasteiger charge is -2.07. The van der Waals surface area contributed by atoms with E-state index in [0.717, 1.165) is 0 Å². The standard InChI is InChI=1S/C20H13F2N3O3/c1-11-16(8-13-4-7-15(22)9-17(13)23-11)20(26)27-10-18-24-19(25-28-18)12-2-5-14(21)6-3-12/h2-9H,10H2,1H3. The smallest absolute Gasteiger partial charge is 0.340 e. The number of aromatic nitrogens is 3. The first kappa shape index (κ1) is 17.7. The molecule has 0 spiro atoms. The minimum Gasteiger partial charge on any atom is -0.452 e. The van der Waals surface area contributed by atoms with Gasteiger partial charge in [0.25, 0.3) is 5.89 Å². The van der Waals surface area contributed by atoms with Crippen LogP contribution in [0.2, 0.25) is 0 Å². The summed E-state index contributed by atoms with van der Waals surface area (Å²) in [6, 6.07) is 11.3. The molecule has 2 aromatic carbocycles. The van der Waals surface area contributed by atoms with Crippen LogP contribution in [0.15, 0.2) is 53.1 Å².